The van der Waals surface area contributed by atoms with Gasteiger partial charge in [-0.25, -0.2) is 0 Å². The Labute approximate surface area is 92.2 Å². The smallest absolute Gasteiger partial charge is 0.0785 e. The fraction of sp³-hybridized carbons (Fsp3) is 0.143. The third-order valence-corrected chi connectivity index (χ3v) is 2.65. The van der Waals surface area contributed by atoms with Gasteiger partial charge < -0.3 is 0 Å². The van der Waals surface area contributed by atoms with E-state index in [9.17, 15) is 0 Å². The minimum Gasteiger partial charge on any atom is -0.0785 e. The van der Waals surface area contributed by atoms with Crippen molar-refractivity contribution < 1.29 is 0 Å². The van der Waals surface area contributed by atoms with Crippen molar-refractivity contribution in [2.24, 2.45) is 0 Å². The molecule has 0 bridgehead atoms. The lowest BCUT2D eigenvalue weighted by Gasteiger charge is -2.01. The van der Waals surface area contributed by atoms with Gasteiger partial charge >= 0.3 is 0 Å². The van der Waals surface area contributed by atoms with Gasteiger partial charge in [0.25, 0.3) is 0 Å². The summed E-state index contributed by atoms with van der Waals surface area (Å²) in [5.41, 5.74) is 5.40. The van der Waals surface area contributed by atoms with Gasteiger partial charge in [-0.1, -0.05) is 70.6 Å². The molecule has 2 rings (SSSR count). The van der Waals surface area contributed by atoms with E-state index in [0.29, 0.717) is 0 Å². The van der Waals surface area contributed by atoms with Gasteiger partial charge in [-0.2, -0.15) is 0 Å². The second kappa shape index (κ2) is 4.35. The summed E-state index contributed by atoms with van der Waals surface area (Å²) in [7, 11) is 1.03. The number of aryl methyl sites for hydroxylation is 2. The Hall–Kier alpha value is -1.50. The van der Waals surface area contributed by atoms with Gasteiger partial charge in [-0.3, -0.25) is 0 Å². The topological polar surface area (TPSA) is 0 Å². The van der Waals surface area contributed by atoms with E-state index in [2.05, 4.69) is 62.4 Å². The molecule has 0 amide bonds. The minimum absolute atomic E-state index is 1.03. The van der Waals surface area contributed by atoms with Gasteiger partial charge in [0.2, 0.25) is 0 Å². The molecule has 2 aromatic rings. The third-order valence-electron chi connectivity index (χ3n) is 2.65. The van der Waals surface area contributed by atoms with Crippen LogP contribution in [0.2, 0.25) is 0 Å². The first-order valence-electron chi connectivity index (χ1n) is 5.35. The van der Waals surface area contributed by atoms with Crippen LogP contribution in [0.1, 0.15) is 11.1 Å². The van der Waals surface area contributed by atoms with E-state index in [1.54, 1.807) is 0 Å². The van der Waals surface area contributed by atoms with Crippen LogP contribution in [0.3, 0.4) is 0 Å². The van der Waals surface area contributed by atoms with Crippen LogP contribution in [-0.2, 0) is 0 Å². The third kappa shape index (κ3) is 2.72. The molecule has 74 valence electrons. The second-order valence-electron chi connectivity index (χ2n) is 4.15. The van der Waals surface area contributed by atoms with Crippen LogP contribution in [0.15, 0.2) is 48.5 Å². The SMILES string of the molecule is Cc1ccc(Bc2ccc(C)cc2)cc1. The van der Waals surface area contributed by atoms with E-state index in [1.165, 1.54) is 22.1 Å². The summed E-state index contributed by atoms with van der Waals surface area (Å²) in [6, 6.07) is 17.5. The second-order valence-corrected chi connectivity index (χ2v) is 4.15. The van der Waals surface area contributed by atoms with Gasteiger partial charge in [0.05, 0.1) is 0 Å². The molecule has 0 heterocycles. The molecular weight excluding hydrogens is 179 g/mol. The van der Waals surface area contributed by atoms with E-state index < -0.39 is 0 Å². The Morgan fingerprint density at radius 2 is 0.933 bits per heavy atom. The van der Waals surface area contributed by atoms with Crippen molar-refractivity contribution in [1.29, 1.82) is 0 Å². The van der Waals surface area contributed by atoms with Gasteiger partial charge in [-0.05, 0) is 13.8 Å². The van der Waals surface area contributed by atoms with Crippen LogP contribution < -0.4 is 10.9 Å². The molecule has 0 aliphatic carbocycles. The number of benzene rings is 2. The highest BCUT2D eigenvalue weighted by Gasteiger charge is 1.98. The summed E-state index contributed by atoms with van der Waals surface area (Å²) in [5.74, 6) is 0. The first kappa shape index (κ1) is 10.0. The molecule has 0 aromatic heterocycles. The molecule has 0 saturated carbocycles. The van der Waals surface area contributed by atoms with Crippen LogP contribution in [-0.4, -0.2) is 7.28 Å². The molecule has 0 fully saturated rings. The van der Waals surface area contributed by atoms with Crippen molar-refractivity contribution in [1.82, 2.24) is 0 Å². The maximum Gasteiger partial charge on any atom is 0.192 e. The fourth-order valence-electron chi connectivity index (χ4n) is 1.65. The van der Waals surface area contributed by atoms with Crippen LogP contribution >= 0.6 is 0 Å². The average molecular weight is 194 g/mol. The van der Waals surface area contributed by atoms with Crippen molar-refractivity contribution >= 4 is 18.2 Å². The largest absolute Gasteiger partial charge is 0.192 e. The maximum absolute atomic E-state index is 2.20. The highest BCUT2D eigenvalue weighted by molar-refractivity contribution is 6.67. The monoisotopic (exact) mass is 194 g/mol. The minimum atomic E-state index is 1.03. The zero-order valence-corrected chi connectivity index (χ0v) is 9.33. The molecule has 0 nitrogen and oxygen atoms in total. The molecule has 0 radical (unpaired) electrons. The van der Waals surface area contributed by atoms with E-state index in [0.717, 1.165) is 7.28 Å². The standard InChI is InChI=1S/C14H15B/c1-11-3-7-13(8-4-11)15-14-9-5-12(2)6-10-14/h3-10,15H,1-2H3. The van der Waals surface area contributed by atoms with E-state index >= 15 is 0 Å². The average Bonchev–Trinajstić information content (AvgIpc) is 2.25. The molecule has 0 N–H and O–H groups in total. The molecule has 15 heavy (non-hydrogen) atoms. The summed E-state index contributed by atoms with van der Waals surface area (Å²) >= 11 is 0. The first-order chi connectivity index (χ1) is 7.24. The Kier molecular flexibility index (Phi) is 2.91. The summed E-state index contributed by atoms with van der Waals surface area (Å²) in [5, 5.41) is 0. The van der Waals surface area contributed by atoms with Gasteiger partial charge in [-0.15, -0.1) is 0 Å². The zero-order chi connectivity index (χ0) is 10.7. The molecule has 0 spiro atoms. The van der Waals surface area contributed by atoms with Crippen molar-refractivity contribution in [2.45, 2.75) is 13.8 Å². The van der Waals surface area contributed by atoms with Gasteiger partial charge in [0.15, 0.2) is 7.28 Å². The van der Waals surface area contributed by atoms with Gasteiger partial charge in [0, 0.05) is 0 Å². The highest BCUT2D eigenvalue weighted by Crippen LogP contribution is 1.94. The van der Waals surface area contributed by atoms with Crippen LogP contribution in [0, 0.1) is 13.8 Å². The lowest BCUT2D eigenvalue weighted by molar-refractivity contribution is 1.48. The Morgan fingerprint density at radius 3 is 1.27 bits per heavy atom. The molecule has 2 aromatic carbocycles. The van der Waals surface area contributed by atoms with E-state index in [4.69, 9.17) is 0 Å². The summed E-state index contributed by atoms with van der Waals surface area (Å²) in [6.07, 6.45) is 0. The molecular formula is C14H15B. The predicted molar refractivity (Wildman–Crippen MR) is 68.8 cm³/mol. The molecule has 0 aliphatic heterocycles. The Morgan fingerprint density at radius 1 is 0.600 bits per heavy atom. The zero-order valence-electron chi connectivity index (χ0n) is 9.33. The normalized spacial score (nSPS) is 10.0. The van der Waals surface area contributed by atoms with Gasteiger partial charge in [0.1, 0.15) is 0 Å². The first-order valence-corrected chi connectivity index (χ1v) is 5.35. The molecule has 0 atom stereocenters. The van der Waals surface area contributed by atoms with Crippen molar-refractivity contribution in [3.05, 3.63) is 59.7 Å². The maximum atomic E-state index is 2.20. The van der Waals surface area contributed by atoms with Crippen molar-refractivity contribution in [3.8, 4) is 0 Å². The van der Waals surface area contributed by atoms with Crippen molar-refractivity contribution in [3.63, 3.8) is 0 Å². The fourth-order valence-corrected chi connectivity index (χ4v) is 1.65. The quantitative estimate of drug-likeness (QED) is 0.638. The predicted octanol–water partition coefficient (Wildman–Crippen LogP) is 1.69. The summed E-state index contributed by atoms with van der Waals surface area (Å²) < 4.78 is 0. The molecule has 0 saturated heterocycles. The number of hydrogen-bond acceptors (Lipinski definition) is 0. The summed E-state index contributed by atoms with van der Waals surface area (Å²) in [6.45, 7) is 4.24. The number of rotatable bonds is 2. The van der Waals surface area contributed by atoms with Crippen molar-refractivity contribution in [2.75, 3.05) is 0 Å². The van der Waals surface area contributed by atoms with Crippen LogP contribution in [0.5, 0.6) is 0 Å². The van der Waals surface area contributed by atoms with Crippen LogP contribution in [0.25, 0.3) is 0 Å². The van der Waals surface area contributed by atoms with E-state index in [1.807, 2.05) is 0 Å². The Balaban J connectivity index is 2.15. The molecule has 0 aliphatic rings. The Bertz CT molecular complexity index is 382. The van der Waals surface area contributed by atoms with Crippen LogP contribution in [0.4, 0.5) is 0 Å². The molecule has 1 heteroatoms. The highest BCUT2D eigenvalue weighted by atomic mass is 13.9. The van der Waals surface area contributed by atoms with E-state index in [-0.39, 0.29) is 0 Å². The lowest BCUT2D eigenvalue weighted by atomic mass is 9.64. The molecule has 0 unspecified atom stereocenters. The lowest BCUT2D eigenvalue weighted by Crippen LogP contribution is -2.26. The summed E-state index contributed by atoms with van der Waals surface area (Å²) in [4.78, 5) is 0. The number of hydrogen-bond donors (Lipinski definition) is 0.